The normalized spacial score (nSPS) is 15.8. The average molecular weight is 438 g/mol. The van der Waals surface area contributed by atoms with Crippen LogP contribution in [0.5, 0.6) is 11.5 Å². The lowest BCUT2D eigenvalue weighted by atomic mass is 9.97. The molecule has 2 fully saturated rings. The van der Waals surface area contributed by atoms with E-state index in [1.165, 1.54) is 44.8 Å². The zero-order chi connectivity index (χ0) is 22.7. The van der Waals surface area contributed by atoms with Gasteiger partial charge >= 0.3 is 0 Å². The maximum atomic E-state index is 14.2. The zero-order valence-electron chi connectivity index (χ0n) is 18.6. The number of aromatic nitrogens is 1. The summed E-state index contributed by atoms with van der Waals surface area (Å²) in [6, 6.07) is 11.9. The second-order valence-electron chi connectivity index (χ2n) is 8.18. The Labute approximate surface area is 187 Å². The number of hydrogen-bond acceptors (Lipinski definition) is 5. The number of benzene rings is 2. The average Bonchev–Trinajstić information content (AvgIpc) is 3.52. The van der Waals surface area contributed by atoms with Crippen LogP contribution in [0.3, 0.4) is 0 Å². The van der Waals surface area contributed by atoms with Gasteiger partial charge in [-0.05, 0) is 75.2 Å². The lowest BCUT2D eigenvalue weighted by molar-refractivity contribution is 0.0926. The van der Waals surface area contributed by atoms with Crippen LogP contribution in [0.2, 0.25) is 0 Å². The predicted molar refractivity (Wildman–Crippen MR) is 122 cm³/mol. The number of fused-ring (bicyclic) bond motifs is 1. The second kappa shape index (κ2) is 9.12. The predicted octanol–water partition coefficient (Wildman–Crippen LogP) is 4.10. The first kappa shape index (κ1) is 22.0. The summed E-state index contributed by atoms with van der Waals surface area (Å²) < 4.78 is 24.8. The molecule has 0 bridgehead atoms. The molecule has 1 amide bonds. The van der Waals surface area contributed by atoms with Crippen molar-refractivity contribution in [3.05, 3.63) is 65.1 Å². The first-order chi connectivity index (χ1) is 15.5. The van der Waals surface area contributed by atoms with Gasteiger partial charge in [-0.3, -0.25) is 9.78 Å². The van der Waals surface area contributed by atoms with Crippen molar-refractivity contribution in [2.75, 3.05) is 27.3 Å². The number of carbonyl (C=O) groups is 1. The van der Waals surface area contributed by atoms with Crippen molar-refractivity contribution in [3.63, 3.8) is 0 Å². The molecule has 0 unspecified atom stereocenters. The molecule has 1 aromatic heterocycles. The third-order valence-electron chi connectivity index (χ3n) is 5.90. The summed E-state index contributed by atoms with van der Waals surface area (Å²) in [7, 11) is 3.08. The largest absolute Gasteiger partial charge is 0.497 e. The van der Waals surface area contributed by atoms with Crippen LogP contribution >= 0.6 is 0 Å². The Morgan fingerprint density at radius 3 is 2.34 bits per heavy atom. The van der Waals surface area contributed by atoms with Crippen molar-refractivity contribution in [1.29, 1.82) is 0 Å². The summed E-state index contributed by atoms with van der Waals surface area (Å²) in [5, 5.41) is 7.10. The van der Waals surface area contributed by atoms with Gasteiger partial charge in [0, 0.05) is 17.1 Å². The van der Waals surface area contributed by atoms with E-state index in [-0.39, 0.29) is 5.56 Å². The van der Waals surface area contributed by atoms with Crippen LogP contribution < -0.4 is 20.1 Å². The van der Waals surface area contributed by atoms with Crippen molar-refractivity contribution in [2.24, 2.45) is 0 Å². The van der Waals surface area contributed by atoms with Gasteiger partial charge in [-0.15, -0.1) is 0 Å². The highest BCUT2D eigenvalue weighted by Gasteiger charge is 2.47. The Kier molecular flexibility index (Phi) is 6.28. The number of ether oxygens (including phenoxy) is 2. The molecule has 0 radical (unpaired) electrons. The van der Waals surface area contributed by atoms with Gasteiger partial charge in [0.25, 0.3) is 5.91 Å². The fourth-order valence-electron chi connectivity index (χ4n) is 3.68. The van der Waals surface area contributed by atoms with Gasteiger partial charge in [0.15, 0.2) is 0 Å². The first-order valence-corrected chi connectivity index (χ1v) is 10.8. The van der Waals surface area contributed by atoms with E-state index in [1.807, 2.05) is 31.2 Å². The fraction of sp³-hybridized carbons (Fsp3) is 0.360. The minimum absolute atomic E-state index is 0.0354. The Hall–Kier alpha value is -3.19. The van der Waals surface area contributed by atoms with Gasteiger partial charge in [0.2, 0.25) is 0 Å². The second-order valence-corrected chi connectivity index (χ2v) is 8.18. The molecule has 1 saturated carbocycles. The molecule has 32 heavy (non-hydrogen) atoms. The van der Waals surface area contributed by atoms with E-state index in [0.29, 0.717) is 11.5 Å². The third-order valence-corrected chi connectivity index (χ3v) is 5.90. The Balaban J connectivity index is 0.000000552. The molecule has 0 atom stereocenters. The summed E-state index contributed by atoms with van der Waals surface area (Å²) in [4.78, 5) is 17.4. The third kappa shape index (κ3) is 4.53. The molecule has 2 N–H and O–H groups in total. The van der Waals surface area contributed by atoms with Crippen molar-refractivity contribution in [3.8, 4) is 11.5 Å². The van der Waals surface area contributed by atoms with E-state index >= 15 is 0 Å². The molecule has 0 spiro atoms. The number of halogens is 1. The number of amides is 1. The van der Waals surface area contributed by atoms with Crippen molar-refractivity contribution >= 4 is 16.8 Å². The molecule has 7 heteroatoms. The molecule has 2 heterocycles. The highest BCUT2D eigenvalue weighted by atomic mass is 19.1. The van der Waals surface area contributed by atoms with Crippen LogP contribution in [0.4, 0.5) is 4.39 Å². The molecule has 2 aromatic carbocycles. The summed E-state index contributed by atoms with van der Waals surface area (Å²) in [5.41, 5.74) is 2.05. The number of methoxy groups -OCH3 is 2. The van der Waals surface area contributed by atoms with Gasteiger partial charge < -0.3 is 20.1 Å². The lowest BCUT2D eigenvalue weighted by Gasteiger charge is -2.21. The number of nitrogens with zero attached hydrogens (tertiary/aromatic N) is 1. The summed E-state index contributed by atoms with van der Waals surface area (Å²) in [6.45, 7) is 4.43. The van der Waals surface area contributed by atoms with Crippen LogP contribution in [0.1, 0.15) is 40.9 Å². The fourth-order valence-corrected chi connectivity index (χ4v) is 3.68. The highest BCUT2D eigenvalue weighted by molar-refractivity contribution is 5.96. The standard InChI is InChI=1S/C22H21FN2O3.C3H7N/c1-13-4-6-16-18(11-15(28-3)12-20(16)24-13)22(8-9-22)25-21(26)17-10-14(27-2)5-7-19(17)23;1-2-4-3-1/h4-7,10-12H,8-9H2,1-3H3,(H,25,26);4H,1-3H2. The summed E-state index contributed by atoms with van der Waals surface area (Å²) in [6.07, 6.45) is 2.92. The van der Waals surface area contributed by atoms with Crippen LogP contribution in [0.15, 0.2) is 42.5 Å². The lowest BCUT2D eigenvalue weighted by Crippen LogP contribution is -2.35. The molecule has 1 aliphatic heterocycles. The molecule has 6 nitrogen and oxygen atoms in total. The number of hydrogen-bond donors (Lipinski definition) is 2. The highest BCUT2D eigenvalue weighted by Crippen LogP contribution is 2.49. The smallest absolute Gasteiger partial charge is 0.255 e. The van der Waals surface area contributed by atoms with Crippen molar-refractivity contribution < 1.29 is 18.7 Å². The number of aryl methyl sites for hydroxylation is 1. The monoisotopic (exact) mass is 437 g/mol. The SMILES string of the molecule is C1CNC1.COc1ccc(F)c(C(=O)NC2(c3cc(OC)cc4nc(C)ccc34)CC2)c1. The molecule has 168 valence electrons. The van der Waals surface area contributed by atoms with Crippen molar-refractivity contribution in [2.45, 2.75) is 31.7 Å². The van der Waals surface area contributed by atoms with Gasteiger partial charge in [-0.2, -0.15) is 0 Å². The minimum atomic E-state index is -0.582. The molecule has 5 rings (SSSR count). The van der Waals surface area contributed by atoms with Crippen LogP contribution in [0.25, 0.3) is 10.9 Å². The number of nitrogens with one attached hydrogen (secondary N) is 2. The number of carbonyl (C=O) groups excluding carboxylic acids is 1. The Bertz CT molecular complexity index is 1140. The van der Waals surface area contributed by atoms with Crippen LogP contribution in [-0.2, 0) is 5.54 Å². The van der Waals surface area contributed by atoms with E-state index in [2.05, 4.69) is 15.6 Å². The molecule has 3 aromatic rings. The van der Waals surface area contributed by atoms with Gasteiger partial charge in [0.05, 0.1) is 30.8 Å². The van der Waals surface area contributed by atoms with Gasteiger partial charge in [-0.25, -0.2) is 4.39 Å². The van der Waals surface area contributed by atoms with Crippen molar-refractivity contribution in [1.82, 2.24) is 15.6 Å². The molecular weight excluding hydrogens is 409 g/mol. The maximum Gasteiger partial charge on any atom is 0.255 e. The topological polar surface area (TPSA) is 72.5 Å². The quantitative estimate of drug-likeness (QED) is 0.629. The van der Waals surface area contributed by atoms with Crippen LogP contribution in [-0.4, -0.2) is 38.2 Å². The van der Waals surface area contributed by atoms with Gasteiger partial charge in [0.1, 0.15) is 17.3 Å². The number of rotatable bonds is 5. The minimum Gasteiger partial charge on any atom is -0.497 e. The molecular formula is C25H28FN3O3. The summed E-state index contributed by atoms with van der Waals surface area (Å²) >= 11 is 0. The molecule has 1 saturated heterocycles. The van der Waals surface area contributed by atoms with E-state index in [9.17, 15) is 9.18 Å². The summed E-state index contributed by atoms with van der Waals surface area (Å²) in [5.74, 6) is 0.0587. The van der Waals surface area contributed by atoms with Crippen LogP contribution in [0, 0.1) is 12.7 Å². The molecule has 2 aliphatic rings. The van der Waals surface area contributed by atoms with E-state index in [4.69, 9.17) is 9.47 Å². The van der Waals surface area contributed by atoms with E-state index in [0.717, 1.165) is 35.0 Å². The Morgan fingerprint density at radius 1 is 1.06 bits per heavy atom. The Morgan fingerprint density at radius 2 is 1.75 bits per heavy atom. The number of pyridine rings is 1. The molecule has 1 aliphatic carbocycles. The maximum absolute atomic E-state index is 14.2. The zero-order valence-corrected chi connectivity index (χ0v) is 18.6. The first-order valence-electron chi connectivity index (χ1n) is 10.8. The van der Waals surface area contributed by atoms with Gasteiger partial charge in [-0.1, -0.05) is 6.07 Å². The van der Waals surface area contributed by atoms with E-state index < -0.39 is 17.3 Å². The van der Waals surface area contributed by atoms with E-state index in [1.54, 1.807) is 7.11 Å².